The van der Waals surface area contributed by atoms with Gasteiger partial charge < -0.3 is 20.1 Å². The Balaban J connectivity index is 2.99. The van der Waals surface area contributed by atoms with E-state index in [1.165, 1.54) is 0 Å². The van der Waals surface area contributed by atoms with Crippen LogP contribution in [0.1, 0.15) is 20.3 Å². The third kappa shape index (κ3) is 4.13. The average molecular weight is 266 g/mol. The van der Waals surface area contributed by atoms with Crippen LogP contribution < -0.4 is 20.1 Å². The number of hydrogen-bond donors (Lipinski definition) is 1. The number of ether oxygens (including phenoxy) is 2. The minimum Gasteiger partial charge on any atom is -0.497 e. The van der Waals surface area contributed by atoms with Crippen molar-refractivity contribution in [2.24, 2.45) is 5.73 Å². The van der Waals surface area contributed by atoms with E-state index in [0.29, 0.717) is 17.2 Å². The van der Waals surface area contributed by atoms with Gasteiger partial charge in [-0.1, -0.05) is 0 Å². The van der Waals surface area contributed by atoms with Gasteiger partial charge in [0.1, 0.15) is 11.5 Å². The zero-order chi connectivity index (χ0) is 14.6. The van der Waals surface area contributed by atoms with E-state index in [1.807, 2.05) is 13.8 Å². The lowest BCUT2D eigenvalue weighted by Gasteiger charge is -2.24. The lowest BCUT2D eigenvalue weighted by Crippen LogP contribution is -2.40. The fourth-order valence-corrected chi connectivity index (χ4v) is 1.70. The second-order valence-corrected chi connectivity index (χ2v) is 5.16. The van der Waals surface area contributed by atoms with E-state index >= 15 is 0 Å². The Bertz CT molecular complexity index is 452. The number of nitrogens with zero attached hydrogens (tertiary/aromatic N) is 1. The third-order valence-corrected chi connectivity index (χ3v) is 2.73. The van der Waals surface area contributed by atoms with Crippen LogP contribution in [0.15, 0.2) is 18.2 Å². The number of carbonyl (C=O) groups excluding carboxylic acids is 1. The Morgan fingerprint density at radius 3 is 2.42 bits per heavy atom. The van der Waals surface area contributed by atoms with Crippen molar-refractivity contribution in [1.82, 2.24) is 0 Å². The highest BCUT2D eigenvalue weighted by molar-refractivity contribution is 5.95. The molecule has 0 saturated carbocycles. The lowest BCUT2D eigenvalue weighted by molar-refractivity contribution is -0.119. The molecule has 1 aromatic rings. The topological polar surface area (TPSA) is 64.8 Å². The molecule has 0 spiro atoms. The van der Waals surface area contributed by atoms with Gasteiger partial charge >= 0.3 is 0 Å². The molecule has 2 N–H and O–H groups in total. The van der Waals surface area contributed by atoms with Crippen molar-refractivity contribution in [3.05, 3.63) is 18.2 Å². The van der Waals surface area contributed by atoms with Gasteiger partial charge in [0, 0.05) is 25.1 Å². The summed E-state index contributed by atoms with van der Waals surface area (Å²) in [6.07, 6.45) is 0.263. The summed E-state index contributed by atoms with van der Waals surface area (Å²) in [5.41, 5.74) is 6.03. The summed E-state index contributed by atoms with van der Waals surface area (Å²) in [6, 6.07) is 5.32. The van der Waals surface area contributed by atoms with Crippen LogP contribution in [0, 0.1) is 0 Å². The van der Waals surface area contributed by atoms with E-state index in [9.17, 15) is 4.79 Å². The molecule has 0 unspecified atom stereocenters. The number of benzene rings is 1. The number of nitrogens with two attached hydrogens (primary N) is 1. The highest BCUT2D eigenvalue weighted by Crippen LogP contribution is 2.32. The highest BCUT2D eigenvalue weighted by atomic mass is 16.5. The molecular formula is C14H22N2O3. The number of anilines is 1. The molecule has 0 aromatic heterocycles. The molecule has 0 aliphatic carbocycles. The number of hydrogen-bond acceptors (Lipinski definition) is 4. The molecule has 0 atom stereocenters. The summed E-state index contributed by atoms with van der Waals surface area (Å²) >= 11 is 0. The zero-order valence-corrected chi connectivity index (χ0v) is 12.2. The van der Waals surface area contributed by atoms with Crippen LogP contribution in [0.4, 0.5) is 5.69 Å². The van der Waals surface area contributed by atoms with E-state index in [0.717, 1.165) is 0 Å². The maximum absolute atomic E-state index is 12.1. The minimum atomic E-state index is -0.537. The van der Waals surface area contributed by atoms with Crippen LogP contribution in [0.5, 0.6) is 11.5 Å². The van der Waals surface area contributed by atoms with Crippen molar-refractivity contribution in [2.45, 2.75) is 25.8 Å². The van der Waals surface area contributed by atoms with Gasteiger partial charge in [0.25, 0.3) is 0 Å². The number of methoxy groups -OCH3 is 2. The summed E-state index contributed by atoms with van der Waals surface area (Å²) in [5, 5.41) is 0. The van der Waals surface area contributed by atoms with Crippen LogP contribution in [0.3, 0.4) is 0 Å². The fourth-order valence-electron chi connectivity index (χ4n) is 1.70. The maximum atomic E-state index is 12.1. The Hall–Kier alpha value is -1.75. The molecule has 0 aliphatic rings. The second-order valence-electron chi connectivity index (χ2n) is 5.16. The molecule has 0 aliphatic heterocycles. The molecule has 5 nitrogen and oxygen atoms in total. The standard InChI is InChI=1S/C14H22N2O3/c1-14(2,15)9-13(17)16(3)11-7-6-10(18-4)8-12(11)19-5/h6-8H,9,15H2,1-5H3. The van der Waals surface area contributed by atoms with Gasteiger partial charge in [-0.2, -0.15) is 0 Å². The largest absolute Gasteiger partial charge is 0.497 e. The maximum Gasteiger partial charge on any atom is 0.228 e. The van der Waals surface area contributed by atoms with Gasteiger partial charge in [0.05, 0.1) is 19.9 Å². The minimum absolute atomic E-state index is 0.0593. The molecule has 19 heavy (non-hydrogen) atoms. The van der Waals surface area contributed by atoms with E-state index in [-0.39, 0.29) is 12.3 Å². The second kappa shape index (κ2) is 5.93. The van der Waals surface area contributed by atoms with Crippen molar-refractivity contribution in [3.8, 4) is 11.5 Å². The molecular weight excluding hydrogens is 244 g/mol. The number of amides is 1. The Morgan fingerprint density at radius 2 is 1.95 bits per heavy atom. The molecule has 1 rings (SSSR count). The Labute approximate surface area is 114 Å². The summed E-state index contributed by atoms with van der Waals surface area (Å²) in [5.74, 6) is 1.21. The molecule has 0 radical (unpaired) electrons. The van der Waals surface area contributed by atoms with Gasteiger partial charge in [-0.05, 0) is 26.0 Å². The zero-order valence-electron chi connectivity index (χ0n) is 12.2. The van der Waals surface area contributed by atoms with Crippen LogP contribution in [-0.4, -0.2) is 32.7 Å². The van der Waals surface area contributed by atoms with Crippen molar-refractivity contribution in [2.75, 3.05) is 26.2 Å². The molecule has 1 amide bonds. The predicted molar refractivity (Wildman–Crippen MR) is 75.8 cm³/mol. The summed E-state index contributed by atoms with van der Waals surface area (Å²) in [6.45, 7) is 3.65. The first-order valence-electron chi connectivity index (χ1n) is 6.06. The van der Waals surface area contributed by atoms with Crippen molar-refractivity contribution >= 4 is 11.6 Å². The highest BCUT2D eigenvalue weighted by Gasteiger charge is 2.22. The van der Waals surface area contributed by atoms with Gasteiger partial charge in [0.15, 0.2) is 0 Å². The third-order valence-electron chi connectivity index (χ3n) is 2.73. The van der Waals surface area contributed by atoms with Gasteiger partial charge in [0.2, 0.25) is 5.91 Å². The normalized spacial score (nSPS) is 11.1. The quantitative estimate of drug-likeness (QED) is 0.882. The molecule has 5 heteroatoms. The van der Waals surface area contributed by atoms with Crippen LogP contribution in [0.2, 0.25) is 0 Å². The van der Waals surface area contributed by atoms with Gasteiger partial charge in [-0.15, -0.1) is 0 Å². The number of carbonyl (C=O) groups is 1. The molecule has 0 heterocycles. The van der Waals surface area contributed by atoms with Crippen molar-refractivity contribution in [3.63, 3.8) is 0 Å². The Kier molecular flexibility index (Phi) is 4.78. The van der Waals surface area contributed by atoms with E-state index < -0.39 is 5.54 Å². The Morgan fingerprint density at radius 1 is 1.32 bits per heavy atom. The van der Waals surface area contributed by atoms with E-state index in [4.69, 9.17) is 15.2 Å². The summed E-state index contributed by atoms with van der Waals surface area (Å²) in [4.78, 5) is 13.7. The smallest absolute Gasteiger partial charge is 0.228 e. The van der Waals surface area contributed by atoms with Crippen molar-refractivity contribution in [1.29, 1.82) is 0 Å². The first kappa shape index (κ1) is 15.3. The molecule has 1 aromatic carbocycles. The molecule has 0 bridgehead atoms. The SMILES string of the molecule is COc1ccc(N(C)C(=O)CC(C)(C)N)c(OC)c1. The predicted octanol–water partition coefficient (Wildman–Crippen LogP) is 1.79. The van der Waals surface area contributed by atoms with Gasteiger partial charge in [-0.25, -0.2) is 0 Å². The van der Waals surface area contributed by atoms with Gasteiger partial charge in [-0.3, -0.25) is 4.79 Å². The molecule has 106 valence electrons. The van der Waals surface area contributed by atoms with E-state index in [2.05, 4.69) is 0 Å². The van der Waals surface area contributed by atoms with Crippen LogP contribution >= 0.6 is 0 Å². The van der Waals surface area contributed by atoms with Crippen molar-refractivity contribution < 1.29 is 14.3 Å². The van der Waals surface area contributed by atoms with E-state index in [1.54, 1.807) is 44.4 Å². The van der Waals surface area contributed by atoms with Crippen LogP contribution in [-0.2, 0) is 4.79 Å². The fraction of sp³-hybridized carbons (Fsp3) is 0.500. The van der Waals surface area contributed by atoms with Crippen LogP contribution in [0.25, 0.3) is 0 Å². The summed E-state index contributed by atoms with van der Waals surface area (Å²) in [7, 11) is 4.85. The summed E-state index contributed by atoms with van der Waals surface area (Å²) < 4.78 is 10.4. The number of rotatable bonds is 5. The first-order valence-corrected chi connectivity index (χ1v) is 6.06. The molecule has 0 saturated heterocycles. The average Bonchev–Trinajstić information content (AvgIpc) is 2.35. The first-order chi connectivity index (χ1) is 8.78. The monoisotopic (exact) mass is 266 g/mol. The lowest BCUT2D eigenvalue weighted by atomic mass is 10.0. The molecule has 0 fully saturated rings.